The molecule has 4 nitrogen and oxygen atoms in total. The van der Waals surface area contributed by atoms with E-state index >= 15 is 0 Å². The van der Waals surface area contributed by atoms with Crippen molar-refractivity contribution < 1.29 is 22.4 Å². The zero-order valence-corrected chi connectivity index (χ0v) is 21.3. The molecular weight excluding hydrogens is 508 g/mol. The number of hydrogen-bond donors (Lipinski definition) is 0. The van der Waals surface area contributed by atoms with Gasteiger partial charge in [0.05, 0.1) is 0 Å². The minimum atomic E-state index is 0.605. The van der Waals surface area contributed by atoms with Gasteiger partial charge in [-0.15, -0.1) is 6.54 Å². The molecule has 1 aromatic rings. The van der Waals surface area contributed by atoms with Crippen molar-refractivity contribution in [3.05, 3.63) is 40.2 Å². The Morgan fingerprint density at radius 3 is 2.52 bits per heavy atom. The molecule has 0 N–H and O–H groups in total. The molecule has 1 aromatic carbocycles. The molecule has 0 amide bonds. The van der Waals surface area contributed by atoms with E-state index in [0.717, 1.165) is 74.1 Å². The van der Waals surface area contributed by atoms with Gasteiger partial charge in [-0.3, -0.25) is 0 Å². The number of benzene rings is 1. The number of rotatable bonds is 10. The average Bonchev–Trinajstić information content (AvgIpc) is 2.98. The van der Waals surface area contributed by atoms with Crippen LogP contribution in [0.5, 0.6) is 0 Å². The summed E-state index contributed by atoms with van der Waals surface area (Å²) in [6.07, 6.45) is 3.90. The molecule has 8 heteroatoms. The molecule has 0 saturated carbocycles. The first-order chi connectivity index (χ1) is 14.1. The van der Waals surface area contributed by atoms with Crippen molar-refractivity contribution in [1.29, 1.82) is 0 Å². The summed E-state index contributed by atoms with van der Waals surface area (Å²) in [6.45, 7) is 4.74. The number of fused-ring (bicyclic) bond motifs is 2. The molecule has 0 aliphatic carbocycles. The van der Waals surface area contributed by atoms with Gasteiger partial charge in [0, 0.05) is 23.7 Å². The standard InChI is InChI=1S/C21H33ClN3S2.O.Tc/c1-24-18-6-7-21(24)20(15-25(11-13-27)10-8-23-9-12-26)19(14-18)16-2-4-17(22)5-3-16;;/h2-5,18-21,26-27H,6-15H2,1H3;;/q-1;;+4/p-2/t18?,19-,20+,21?;;/m1../s1. The van der Waals surface area contributed by atoms with Gasteiger partial charge in [-0.25, -0.2) is 0 Å². The van der Waals surface area contributed by atoms with Crippen LogP contribution >= 0.6 is 11.6 Å². The zero-order chi connectivity index (χ0) is 21.2. The van der Waals surface area contributed by atoms with Crippen LogP contribution in [0.1, 0.15) is 30.7 Å². The fourth-order valence-corrected chi connectivity index (χ4v) is 5.54. The maximum absolute atomic E-state index is 8.22. The van der Waals surface area contributed by atoms with Crippen LogP contribution in [0.2, 0.25) is 5.02 Å². The summed E-state index contributed by atoms with van der Waals surface area (Å²) in [6, 6.07) is 9.96. The zero-order valence-electron chi connectivity index (χ0n) is 17.0. The Bertz CT molecular complexity index is 598. The number of nitrogens with zero attached hydrogens (tertiary/aromatic N) is 3. The summed E-state index contributed by atoms with van der Waals surface area (Å²) in [5, 5.41) is 5.37. The summed E-state index contributed by atoms with van der Waals surface area (Å²) in [5.74, 6) is 2.74. The molecular formula is C21H31ClN3OS2Tc+. The molecule has 29 heavy (non-hydrogen) atoms. The van der Waals surface area contributed by atoms with Crippen molar-refractivity contribution in [2.45, 2.75) is 37.3 Å². The Kier molecular flexibility index (Phi) is 12.3. The van der Waals surface area contributed by atoms with Crippen LogP contribution in [0.4, 0.5) is 0 Å². The Morgan fingerprint density at radius 1 is 1.14 bits per heavy atom. The van der Waals surface area contributed by atoms with Crippen molar-refractivity contribution in [1.82, 2.24) is 9.80 Å². The van der Waals surface area contributed by atoms with Crippen molar-refractivity contribution in [2.24, 2.45) is 5.92 Å². The van der Waals surface area contributed by atoms with Gasteiger partial charge in [-0.05, 0) is 68.9 Å². The summed E-state index contributed by atoms with van der Waals surface area (Å²) in [7, 11) is 2.32. The number of halogens is 1. The minimum absolute atomic E-state index is 0.605. The van der Waals surface area contributed by atoms with Crippen molar-refractivity contribution >= 4 is 36.9 Å². The third kappa shape index (κ3) is 7.28. The predicted molar refractivity (Wildman–Crippen MR) is 122 cm³/mol. The molecule has 0 spiro atoms. The Labute approximate surface area is 202 Å². The van der Waals surface area contributed by atoms with E-state index in [1.807, 2.05) is 12.1 Å². The van der Waals surface area contributed by atoms with Crippen LogP contribution in [0.3, 0.4) is 0 Å². The van der Waals surface area contributed by atoms with Crippen LogP contribution in [-0.2, 0) is 47.6 Å². The third-order valence-corrected chi connectivity index (χ3v) is 7.05. The second kappa shape index (κ2) is 13.8. The van der Waals surface area contributed by atoms with E-state index in [4.69, 9.17) is 40.4 Å². The molecule has 161 valence electrons. The SMILES string of the molecule is CN1C2CCC1[C@@H](CN(CC[S-])CC[N-]CC[S-])[C@@H](c1ccc(Cl)cc1)C2.[O]=[Tc+4]. The van der Waals surface area contributed by atoms with E-state index in [0.29, 0.717) is 17.9 Å². The van der Waals surface area contributed by atoms with E-state index in [1.54, 1.807) is 0 Å². The van der Waals surface area contributed by atoms with Gasteiger partial charge in [0.15, 0.2) is 0 Å². The van der Waals surface area contributed by atoms with E-state index in [2.05, 4.69) is 34.3 Å². The van der Waals surface area contributed by atoms with E-state index < -0.39 is 0 Å². The van der Waals surface area contributed by atoms with Crippen LogP contribution in [0, 0.1) is 5.92 Å². The Hall–Kier alpha value is 0.539. The van der Waals surface area contributed by atoms with Crippen molar-refractivity contribution in [3.63, 3.8) is 0 Å². The monoisotopic (exact) mass is 537 g/mol. The van der Waals surface area contributed by atoms with Crippen LogP contribution in [0.25, 0.3) is 5.32 Å². The number of hydrogen-bond acceptors (Lipinski definition) is 5. The van der Waals surface area contributed by atoms with Gasteiger partial charge in [0.25, 0.3) is 0 Å². The topological polar surface area (TPSA) is 37.7 Å². The van der Waals surface area contributed by atoms with Gasteiger partial charge >= 0.3 is 22.4 Å². The van der Waals surface area contributed by atoms with Gasteiger partial charge in [0.1, 0.15) is 0 Å². The number of piperidine rings is 1. The van der Waals surface area contributed by atoms with Crippen molar-refractivity contribution in [2.75, 3.05) is 51.3 Å². The van der Waals surface area contributed by atoms with Gasteiger partial charge in [0.2, 0.25) is 0 Å². The average molecular weight is 539 g/mol. The first-order valence-electron chi connectivity index (χ1n) is 10.3. The van der Waals surface area contributed by atoms with E-state index in [9.17, 15) is 0 Å². The summed E-state index contributed by atoms with van der Waals surface area (Å²) >= 11 is 17.4. The van der Waals surface area contributed by atoms with Gasteiger partial charge in [-0.1, -0.05) is 23.7 Å². The quantitative estimate of drug-likeness (QED) is 0.336. The summed E-state index contributed by atoms with van der Waals surface area (Å²) in [4.78, 5) is 5.19. The summed E-state index contributed by atoms with van der Waals surface area (Å²) in [5.41, 5.74) is 1.45. The van der Waals surface area contributed by atoms with Gasteiger partial charge in [-0.2, -0.15) is 18.1 Å². The van der Waals surface area contributed by atoms with Crippen LogP contribution in [-0.4, -0.2) is 73.2 Å². The molecule has 2 unspecified atom stereocenters. The molecule has 2 saturated heterocycles. The Morgan fingerprint density at radius 2 is 1.86 bits per heavy atom. The van der Waals surface area contributed by atoms with E-state index in [-0.39, 0.29) is 0 Å². The molecule has 2 aliphatic heterocycles. The predicted octanol–water partition coefficient (Wildman–Crippen LogP) is 3.55. The fourth-order valence-electron chi connectivity index (χ4n) is 5.03. The second-order valence-electron chi connectivity index (χ2n) is 7.90. The van der Waals surface area contributed by atoms with Gasteiger partial charge < -0.3 is 40.4 Å². The molecule has 2 fully saturated rings. The normalized spacial score (nSPS) is 26.4. The second-order valence-corrected chi connectivity index (χ2v) is 9.15. The molecule has 0 radical (unpaired) electrons. The molecule has 3 rings (SSSR count). The first kappa shape index (κ1) is 25.8. The molecule has 0 aromatic heterocycles. The Balaban J connectivity index is 0.00000145. The van der Waals surface area contributed by atoms with Crippen LogP contribution < -0.4 is 0 Å². The molecule has 2 aliphatic rings. The molecule has 4 atom stereocenters. The summed E-state index contributed by atoms with van der Waals surface area (Å²) < 4.78 is 8.22. The van der Waals surface area contributed by atoms with Crippen molar-refractivity contribution in [3.8, 4) is 0 Å². The van der Waals surface area contributed by atoms with Crippen LogP contribution in [0.15, 0.2) is 24.3 Å². The maximum atomic E-state index is 8.22. The molecule has 2 heterocycles. The third-order valence-electron chi connectivity index (χ3n) is 6.43. The fraction of sp³-hybridized carbons (Fsp3) is 0.714. The molecule has 2 bridgehead atoms. The first-order valence-corrected chi connectivity index (χ1v) is 12.6. The van der Waals surface area contributed by atoms with E-state index in [1.165, 1.54) is 24.8 Å².